The molecule has 0 saturated heterocycles. The molecule has 1 heterocycles. The number of aliphatic hydroxyl groups is 1. The van der Waals surface area contributed by atoms with Crippen LogP contribution in [0, 0.1) is 21.7 Å². The third kappa shape index (κ3) is 3.05. The van der Waals surface area contributed by atoms with E-state index in [1.54, 1.807) is 0 Å². The largest absolute Gasteiger partial charge is 0.395 e. The molecule has 0 spiro atoms. The van der Waals surface area contributed by atoms with E-state index in [-0.39, 0.29) is 12.2 Å². The Bertz CT molecular complexity index is 753. The lowest BCUT2D eigenvalue weighted by molar-refractivity contribution is -0.384. The highest BCUT2D eigenvalue weighted by molar-refractivity contribution is 9.10. The van der Waals surface area contributed by atoms with Gasteiger partial charge >= 0.3 is 0 Å². The lowest BCUT2D eigenvalue weighted by atomic mass is 10.2. The van der Waals surface area contributed by atoms with E-state index in [0.717, 1.165) is 6.08 Å². The minimum atomic E-state index is -1.45. The van der Waals surface area contributed by atoms with Crippen LogP contribution in [0.1, 0.15) is 0 Å². The van der Waals surface area contributed by atoms with Crippen LogP contribution in [0.25, 0.3) is 0 Å². The number of nitrogens with one attached hydrogen (secondary N) is 1. The number of hydrogen-bond donors (Lipinski definition) is 2. The number of nitrogens with zero attached hydrogens (tertiary/aromatic N) is 2. The molecule has 0 saturated carbocycles. The number of aliphatic hydroxyl groups excluding tert-OH is 1. The van der Waals surface area contributed by atoms with Gasteiger partial charge in [0.15, 0.2) is 11.6 Å². The number of hydrogen-bond acceptors (Lipinski definition) is 6. The molecular formula is C12H8BrF2N3O5. The Hall–Kier alpha value is -2.40. The maximum atomic E-state index is 13.6. The molecule has 8 nitrogen and oxygen atoms in total. The quantitative estimate of drug-likeness (QED) is 0.338. The van der Waals surface area contributed by atoms with Crippen molar-refractivity contribution in [2.45, 2.75) is 0 Å². The number of rotatable bonds is 5. The minimum Gasteiger partial charge on any atom is -0.395 e. The summed E-state index contributed by atoms with van der Waals surface area (Å²) < 4.78 is 26.3. The second-order valence-electron chi connectivity index (χ2n) is 4.34. The lowest BCUT2D eigenvalue weighted by Gasteiger charge is -2.14. The number of carbonyl (C=O) groups excluding carboxylic acids is 2. The molecule has 0 bridgehead atoms. The summed E-state index contributed by atoms with van der Waals surface area (Å²) in [4.78, 5) is 34.3. The van der Waals surface area contributed by atoms with E-state index in [9.17, 15) is 28.5 Å². The van der Waals surface area contributed by atoms with Crippen molar-refractivity contribution in [1.29, 1.82) is 0 Å². The van der Waals surface area contributed by atoms with Gasteiger partial charge in [0.25, 0.3) is 17.5 Å². The van der Waals surface area contributed by atoms with Crippen LogP contribution in [-0.2, 0) is 9.59 Å². The number of carbonyl (C=O) groups is 2. The van der Waals surface area contributed by atoms with E-state index in [2.05, 4.69) is 21.2 Å². The molecule has 0 unspecified atom stereocenters. The molecule has 2 rings (SSSR count). The number of amides is 2. The summed E-state index contributed by atoms with van der Waals surface area (Å²) in [7, 11) is 0. The number of β-amino-alcohol motifs (C(OH)–C–C–N with tert-alkyl or cyclic N) is 1. The molecular weight excluding hydrogens is 384 g/mol. The fraction of sp³-hybridized carbons (Fsp3) is 0.167. The van der Waals surface area contributed by atoms with Crippen molar-refractivity contribution in [3.63, 3.8) is 0 Å². The van der Waals surface area contributed by atoms with Crippen molar-refractivity contribution in [2.75, 3.05) is 18.5 Å². The number of halogens is 3. The summed E-state index contributed by atoms with van der Waals surface area (Å²) in [6.45, 7) is -0.728. The Labute approximate surface area is 135 Å². The number of nitro groups is 1. The zero-order valence-electron chi connectivity index (χ0n) is 11.2. The Morgan fingerprint density at radius 2 is 2.04 bits per heavy atom. The summed E-state index contributed by atoms with van der Waals surface area (Å²) in [5.74, 6) is -4.43. The van der Waals surface area contributed by atoms with Gasteiger partial charge in [0.2, 0.25) is 0 Å². The second kappa shape index (κ2) is 6.38. The summed E-state index contributed by atoms with van der Waals surface area (Å²) >= 11 is 2.68. The maximum Gasteiger partial charge on any atom is 0.296 e. The van der Waals surface area contributed by atoms with E-state index in [1.165, 1.54) is 0 Å². The van der Waals surface area contributed by atoms with Crippen molar-refractivity contribution >= 4 is 39.1 Å². The smallest absolute Gasteiger partial charge is 0.296 e. The van der Waals surface area contributed by atoms with E-state index in [0.29, 0.717) is 11.0 Å². The molecule has 0 atom stereocenters. The van der Waals surface area contributed by atoms with Crippen LogP contribution in [0.15, 0.2) is 22.3 Å². The molecule has 1 aliphatic rings. The molecule has 11 heteroatoms. The van der Waals surface area contributed by atoms with Gasteiger partial charge in [0.05, 0.1) is 28.6 Å². The normalized spacial score (nSPS) is 14.3. The van der Waals surface area contributed by atoms with Crippen LogP contribution >= 0.6 is 15.9 Å². The van der Waals surface area contributed by atoms with E-state index >= 15 is 0 Å². The summed E-state index contributed by atoms with van der Waals surface area (Å²) in [5, 5.41) is 22.0. The fourth-order valence-electron chi connectivity index (χ4n) is 1.89. The average molecular weight is 392 g/mol. The van der Waals surface area contributed by atoms with E-state index < -0.39 is 50.8 Å². The lowest BCUT2D eigenvalue weighted by Crippen LogP contribution is -2.34. The van der Waals surface area contributed by atoms with E-state index in [1.807, 2.05) is 0 Å². The van der Waals surface area contributed by atoms with Crippen LogP contribution in [0.4, 0.5) is 20.2 Å². The number of benzene rings is 1. The molecule has 23 heavy (non-hydrogen) atoms. The first-order valence-corrected chi connectivity index (χ1v) is 6.84. The van der Waals surface area contributed by atoms with Gasteiger partial charge in [-0.3, -0.25) is 24.6 Å². The van der Waals surface area contributed by atoms with Gasteiger partial charge in [-0.1, -0.05) is 0 Å². The minimum absolute atomic E-state index is 0.264. The predicted octanol–water partition coefficient (Wildman–Crippen LogP) is 1.29. The van der Waals surface area contributed by atoms with Gasteiger partial charge in [0.1, 0.15) is 11.4 Å². The standard InChI is InChI=1S/C12H8BrF2N3O5/c13-9-10(15)5(14)3-7(18(22)23)11(9)16-6-4-8(20)17(1-2-19)12(6)21/h3-4,16,19H,1-2H2. The van der Waals surface area contributed by atoms with Crippen LogP contribution < -0.4 is 5.32 Å². The molecule has 1 aromatic carbocycles. The zero-order valence-corrected chi connectivity index (χ0v) is 12.8. The first-order chi connectivity index (χ1) is 10.8. The SMILES string of the molecule is O=C1C=C(Nc2c([N+](=O)[O-])cc(F)c(F)c2Br)C(=O)N1CCO. The Morgan fingerprint density at radius 3 is 2.61 bits per heavy atom. The molecule has 0 fully saturated rings. The highest BCUT2D eigenvalue weighted by Gasteiger charge is 2.33. The Morgan fingerprint density at radius 1 is 1.39 bits per heavy atom. The van der Waals surface area contributed by atoms with E-state index in [4.69, 9.17) is 5.11 Å². The van der Waals surface area contributed by atoms with Gasteiger partial charge in [-0.15, -0.1) is 0 Å². The molecule has 2 amide bonds. The van der Waals surface area contributed by atoms with Gasteiger partial charge in [-0.2, -0.15) is 0 Å². The Balaban J connectivity index is 2.43. The van der Waals surface area contributed by atoms with Crippen molar-refractivity contribution in [3.8, 4) is 0 Å². The topological polar surface area (TPSA) is 113 Å². The fourth-order valence-corrected chi connectivity index (χ4v) is 2.38. The highest BCUT2D eigenvalue weighted by atomic mass is 79.9. The monoisotopic (exact) mass is 391 g/mol. The molecule has 0 radical (unpaired) electrons. The molecule has 122 valence electrons. The summed E-state index contributed by atoms with van der Waals surface area (Å²) in [6.07, 6.45) is 0.843. The van der Waals surface area contributed by atoms with Crippen LogP contribution in [0.5, 0.6) is 0 Å². The zero-order chi connectivity index (χ0) is 17.3. The third-order valence-electron chi connectivity index (χ3n) is 2.93. The first kappa shape index (κ1) is 17.0. The molecule has 2 N–H and O–H groups in total. The second-order valence-corrected chi connectivity index (χ2v) is 5.13. The van der Waals surface area contributed by atoms with Gasteiger partial charge in [-0.05, 0) is 15.9 Å². The number of nitro benzene ring substituents is 1. The number of anilines is 1. The van der Waals surface area contributed by atoms with Crippen molar-refractivity contribution in [2.24, 2.45) is 0 Å². The molecule has 0 aliphatic carbocycles. The molecule has 1 aromatic rings. The Kier molecular flexibility index (Phi) is 4.71. The first-order valence-electron chi connectivity index (χ1n) is 6.05. The summed E-state index contributed by atoms with van der Waals surface area (Å²) in [6, 6.07) is 0.357. The van der Waals surface area contributed by atoms with Crippen molar-refractivity contribution in [1.82, 2.24) is 4.90 Å². The summed E-state index contributed by atoms with van der Waals surface area (Å²) in [5.41, 5.74) is -1.69. The third-order valence-corrected chi connectivity index (χ3v) is 3.68. The van der Waals surface area contributed by atoms with Crippen LogP contribution in [0.3, 0.4) is 0 Å². The average Bonchev–Trinajstić information content (AvgIpc) is 2.75. The molecule has 1 aliphatic heterocycles. The van der Waals surface area contributed by atoms with Crippen molar-refractivity contribution < 1.29 is 28.4 Å². The maximum absolute atomic E-state index is 13.6. The number of imide groups is 1. The van der Waals surface area contributed by atoms with Crippen LogP contribution in [-0.4, -0.2) is 39.9 Å². The molecule has 0 aromatic heterocycles. The van der Waals surface area contributed by atoms with Crippen LogP contribution in [0.2, 0.25) is 0 Å². The predicted molar refractivity (Wildman–Crippen MR) is 76.2 cm³/mol. The van der Waals surface area contributed by atoms with Gasteiger partial charge in [-0.25, -0.2) is 8.78 Å². The van der Waals surface area contributed by atoms with Gasteiger partial charge < -0.3 is 10.4 Å². The van der Waals surface area contributed by atoms with Crippen molar-refractivity contribution in [3.05, 3.63) is 44.1 Å². The highest BCUT2D eigenvalue weighted by Crippen LogP contribution is 2.37. The van der Waals surface area contributed by atoms with Gasteiger partial charge in [0, 0.05) is 6.08 Å².